The molecule has 1 saturated carbocycles. The second kappa shape index (κ2) is 11.7. The molecule has 40 heavy (non-hydrogen) atoms. The zero-order valence-electron chi connectivity index (χ0n) is 23.5. The molecule has 6 nitrogen and oxygen atoms in total. The second-order valence-electron chi connectivity index (χ2n) is 12.0. The van der Waals surface area contributed by atoms with E-state index >= 15 is 0 Å². The van der Waals surface area contributed by atoms with Crippen LogP contribution in [0.5, 0.6) is 11.5 Å². The largest absolute Gasteiger partial charge is 0.480 e. The maximum atomic E-state index is 13.4. The minimum absolute atomic E-state index is 0.0701. The van der Waals surface area contributed by atoms with Crippen molar-refractivity contribution in [3.8, 4) is 11.5 Å². The van der Waals surface area contributed by atoms with Crippen molar-refractivity contribution < 1.29 is 19.4 Å². The number of carbonyl (C=O) groups is 2. The maximum Gasteiger partial charge on any atom is 0.326 e. The van der Waals surface area contributed by atoms with Crippen LogP contribution >= 0.6 is 0 Å². The molecule has 6 heteroatoms. The van der Waals surface area contributed by atoms with Gasteiger partial charge in [-0.15, -0.1) is 0 Å². The lowest BCUT2D eigenvalue weighted by atomic mass is 9.84. The quantitative estimate of drug-likeness (QED) is 0.322. The first-order chi connectivity index (χ1) is 19.2. The highest BCUT2D eigenvalue weighted by molar-refractivity contribution is 5.99. The first-order valence-corrected chi connectivity index (χ1v) is 14.3. The molecule has 2 atom stereocenters. The number of fused-ring (bicyclic) bond motifs is 1. The molecule has 2 aromatic carbocycles. The SMILES string of the molecule is CC(C)(C)c1ccc(Oc2ccc3cc(C(=O)NC(C(=O)O)[C@@H]4C=CC=CC4)nc(C4CCCCC4)c3c2)cc1. The predicted molar refractivity (Wildman–Crippen MR) is 158 cm³/mol. The third kappa shape index (κ3) is 6.27. The van der Waals surface area contributed by atoms with Gasteiger partial charge in [0, 0.05) is 17.2 Å². The zero-order chi connectivity index (χ0) is 28.3. The van der Waals surface area contributed by atoms with Gasteiger partial charge < -0.3 is 15.2 Å². The van der Waals surface area contributed by atoms with E-state index in [0.717, 1.165) is 53.6 Å². The van der Waals surface area contributed by atoms with Gasteiger partial charge in [-0.05, 0) is 66.0 Å². The predicted octanol–water partition coefficient (Wildman–Crippen LogP) is 7.69. The number of carboxylic acid groups (broad SMARTS) is 1. The molecule has 0 radical (unpaired) electrons. The van der Waals surface area contributed by atoms with E-state index < -0.39 is 17.9 Å². The molecule has 3 aromatic rings. The molecular weight excluding hydrogens is 500 g/mol. The van der Waals surface area contributed by atoms with E-state index in [0.29, 0.717) is 6.42 Å². The van der Waals surface area contributed by atoms with Gasteiger partial charge in [-0.3, -0.25) is 4.79 Å². The topological polar surface area (TPSA) is 88.5 Å². The number of hydrogen-bond acceptors (Lipinski definition) is 4. The molecule has 2 N–H and O–H groups in total. The van der Waals surface area contributed by atoms with E-state index in [9.17, 15) is 14.7 Å². The number of nitrogens with one attached hydrogen (secondary N) is 1. The molecular formula is C34H38N2O4. The average molecular weight is 539 g/mol. The molecule has 208 valence electrons. The van der Waals surface area contributed by atoms with Crippen molar-refractivity contribution in [1.82, 2.24) is 10.3 Å². The summed E-state index contributed by atoms with van der Waals surface area (Å²) in [6, 6.07) is 14.8. The van der Waals surface area contributed by atoms with Crippen molar-refractivity contribution in [1.29, 1.82) is 0 Å². The summed E-state index contributed by atoms with van der Waals surface area (Å²) in [5.41, 5.74) is 2.46. The molecule has 1 unspecified atom stereocenters. The summed E-state index contributed by atoms with van der Waals surface area (Å²) >= 11 is 0. The number of pyridine rings is 1. The molecule has 1 fully saturated rings. The fourth-order valence-corrected chi connectivity index (χ4v) is 5.69. The molecule has 0 spiro atoms. The lowest BCUT2D eigenvalue weighted by Gasteiger charge is -2.24. The standard InChI is InChI=1S/C34H38N2O4/c1-34(2,3)25-15-18-26(19-16-25)40-27-17-14-24-20-29(35-30(28(24)21-27)22-10-6-4-7-11-22)32(37)36-31(33(38)39)23-12-8-5-9-13-23/h5,8-9,12,14-23,31H,4,6-7,10-11,13H2,1-3H3,(H,36,37)(H,38,39)/t23-,31?/m1/s1. The fourth-order valence-electron chi connectivity index (χ4n) is 5.69. The minimum atomic E-state index is -1.05. The van der Waals surface area contributed by atoms with Crippen molar-refractivity contribution in [2.45, 2.75) is 76.7 Å². The highest BCUT2D eigenvalue weighted by Gasteiger charge is 2.29. The van der Waals surface area contributed by atoms with Crippen molar-refractivity contribution in [3.05, 3.63) is 89.8 Å². The summed E-state index contributed by atoms with van der Waals surface area (Å²) in [6.07, 6.45) is 13.5. The number of ether oxygens (including phenoxy) is 1. The number of amides is 1. The number of carboxylic acids is 1. The Kier molecular flexibility index (Phi) is 8.06. The molecule has 2 aliphatic carbocycles. The van der Waals surface area contributed by atoms with E-state index in [-0.39, 0.29) is 22.9 Å². The van der Waals surface area contributed by atoms with Gasteiger partial charge in [-0.1, -0.05) is 82.5 Å². The first-order valence-electron chi connectivity index (χ1n) is 14.3. The molecule has 0 saturated heterocycles. The smallest absolute Gasteiger partial charge is 0.326 e. The van der Waals surface area contributed by atoms with Gasteiger partial charge in [0.1, 0.15) is 23.2 Å². The second-order valence-corrected chi connectivity index (χ2v) is 12.0. The Morgan fingerprint density at radius 3 is 2.35 bits per heavy atom. The van der Waals surface area contributed by atoms with Crippen LogP contribution in [0.15, 0.2) is 72.8 Å². The Labute approximate surface area is 236 Å². The van der Waals surface area contributed by atoms with E-state index in [1.165, 1.54) is 12.0 Å². The van der Waals surface area contributed by atoms with Gasteiger partial charge in [0.2, 0.25) is 0 Å². The number of nitrogens with zero attached hydrogens (tertiary/aromatic N) is 1. The molecule has 0 aliphatic heterocycles. The van der Waals surface area contributed by atoms with Crippen molar-refractivity contribution in [3.63, 3.8) is 0 Å². The van der Waals surface area contributed by atoms with Gasteiger partial charge in [0.25, 0.3) is 5.91 Å². The highest BCUT2D eigenvalue weighted by Crippen LogP contribution is 2.37. The molecule has 1 aromatic heterocycles. The van der Waals surface area contributed by atoms with Crippen LogP contribution in [0.1, 0.15) is 87.0 Å². The number of hydrogen-bond donors (Lipinski definition) is 2. The normalized spacial score (nSPS) is 18.4. The average Bonchev–Trinajstić information content (AvgIpc) is 2.96. The summed E-state index contributed by atoms with van der Waals surface area (Å²) < 4.78 is 6.24. The summed E-state index contributed by atoms with van der Waals surface area (Å²) in [6.45, 7) is 6.56. The van der Waals surface area contributed by atoms with Crippen molar-refractivity contribution >= 4 is 22.6 Å². The van der Waals surface area contributed by atoms with E-state index in [1.54, 1.807) is 6.07 Å². The number of allylic oxidation sites excluding steroid dienone is 3. The third-order valence-corrected chi connectivity index (χ3v) is 8.01. The summed E-state index contributed by atoms with van der Waals surface area (Å²) in [4.78, 5) is 30.3. The Morgan fingerprint density at radius 1 is 0.975 bits per heavy atom. The molecule has 1 amide bonds. The summed E-state index contributed by atoms with van der Waals surface area (Å²) in [7, 11) is 0. The summed E-state index contributed by atoms with van der Waals surface area (Å²) in [5.74, 6) is -0.0941. The van der Waals surface area contributed by atoms with Crippen molar-refractivity contribution in [2.75, 3.05) is 0 Å². The lowest BCUT2D eigenvalue weighted by molar-refractivity contribution is -0.140. The number of aliphatic carboxylic acids is 1. The molecule has 5 rings (SSSR count). The third-order valence-electron chi connectivity index (χ3n) is 8.01. The van der Waals surface area contributed by atoms with Gasteiger partial charge >= 0.3 is 5.97 Å². The molecule has 2 aliphatic rings. The van der Waals surface area contributed by atoms with Crippen LogP contribution < -0.4 is 10.1 Å². The van der Waals surface area contributed by atoms with E-state index in [2.05, 4.69) is 38.2 Å². The van der Waals surface area contributed by atoms with Gasteiger partial charge in [0.15, 0.2) is 0 Å². The maximum absolute atomic E-state index is 13.4. The van der Waals surface area contributed by atoms with Crippen LogP contribution in [0.25, 0.3) is 10.8 Å². The highest BCUT2D eigenvalue weighted by atomic mass is 16.5. The van der Waals surface area contributed by atoms with Gasteiger partial charge in [-0.2, -0.15) is 0 Å². The van der Waals surface area contributed by atoms with Crippen LogP contribution in [0, 0.1) is 5.92 Å². The van der Waals surface area contributed by atoms with E-state index in [1.807, 2.05) is 54.6 Å². The monoisotopic (exact) mass is 538 g/mol. The zero-order valence-corrected chi connectivity index (χ0v) is 23.5. The Morgan fingerprint density at radius 2 is 1.70 bits per heavy atom. The fraction of sp³-hybridized carbons (Fsp3) is 0.382. The Hall–Kier alpha value is -3.93. The van der Waals surface area contributed by atoms with Crippen molar-refractivity contribution in [2.24, 2.45) is 5.92 Å². The molecule has 1 heterocycles. The number of benzene rings is 2. The first kappa shape index (κ1) is 27.6. The minimum Gasteiger partial charge on any atom is -0.480 e. The van der Waals surface area contributed by atoms with Crippen LogP contribution in [-0.2, 0) is 10.2 Å². The lowest BCUT2D eigenvalue weighted by Crippen LogP contribution is -2.45. The van der Waals surface area contributed by atoms with Crippen LogP contribution in [0.4, 0.5) is 0 Å². The number of carbonyl (C=O) groups excluding carboxylic acids is 1. The van der Waals surface area contributed by atoms with Crippen LogP contribution in [-0.4, -0.2) is 28.0 Å². The van der Waals surface area contributed by atoms with E-state index in [4.69, 9.17) is 9.72 Å². The van der Waals surface area contributed by atoms with Crippen LogP contribution in [0.3, 0.4) is 0 Å². The Bertz CT molecular complexity index is 1440. The van der Waals surface area contributed by atoms with Crippen LogP contribution in [0.2, 0.25) is 0 Å². The summed E-state index contributed by atoms with van der Waals surface area (Å²) in [5, 5.41) is 14.5. The number of rotatable bonds is 7. The molecule has 0 bridgehead atoms. The Balaban J connectivity index is 1.46. The van der Waals surface area contributed by atoms with Gasteiger partial charge in [-0.25, -0.2) is 9.78 Å². The van der Waals surface area contributed by atoms with Gasteiger partial charge in [0.05, 0.1) is 5.69 Å². The number of aromatic nitrogens is 1.